The summed E-state index contributed by atoms with van der Waals surface area (Å²) < 4.78 is 28.2. The Kier molecular flexibility index (Phi) is 4.58. The molecule has 1 atom stereocenters. The molecule has 142 valence electrons. The standard InChI is InChI=1S/C20H17N3O4S/c24-20(25)17(11-14-12-22-16-8-2-1-7-15(14)16)23-28(26,27)18-9-3-5-13-6-4-10-21-19(13)18/h1-10,12,17,22-23H,11H2,(H,24,25)/t17-/m0/s1. The maximum Gasteiger partial charge on any atom is 0.322 e. The summed E-state index contributed by atoms with van der Waals surface area (Å²) in [6.07, 6.45) is 3.22. The quantitative estimate of drug-likeness (QED) is 0.465. The van der Waals surface area contributed by atoms with Crippen molar-refractivity contribution in [3.63, 3.8) is 0 Å². The third kappa shape index (κ3) is 3.35. The molecule has 0 aliphatic rings. The zero-order valence-electron chi connectivity index (χ0n) is 14.7. The lowest BCUT2D eigenvalue weighted by Crippen LogP contribution is -2.42. The SMILES string of the molecule is O=C(O)[C@H](Cc1c[nH]c2ccccc12)NS(=O)(=O)c1cccc2cccnc12. The first-order valence-corrected chi connectivity index (χ1v) is 10.1. The van der Waals surface area contributed by atoms with Crippen LogP contribution in [-0.2, 0) is 21.2 Å². The van der Waals surface area contributed by atoms with Crippen LogP contribution in [-0.4, -0.2) is 35.5 Å². The van der Waals surface area contributed by atoms with Crippen molar-refractivity contribution in [2.75, 3.05) is 0 Å². The van der Waals surface area contributed by atoms with Crippen LogP contribution < -0.4 is 4.72 Å². The van der Waals surface area contributed by atoms with Gasteiger partial charge in [0.15, 0.2) is 0 Å². The second-order valence-corrected chi connectivity index (χ2v) is 8.09. The van der Waals surface area contributed by atoms with Gasteiger partial charge in [0.05, 0.1) is 5.52 Å². The first-order valence-electron chi connectivity index (χ1n) is 8.59. The van der Waals surface area contributed by atoms with E-state index in [1.54, 1.807) is 30.5 Å². The number of benzene rings is 2. The number of nitrogens with zero attached hydrogens (tertiary/aromatic N) is 1. The molecular weight excluding hydrogens is 378 g/mol. The molecule has 3 N–H and O–H groups in total. The van der Waals surface area contributed by atoms with Gasteiger partial charge in [-0.2, -0.15) is 4.72 Å². The summed E-state index contributed by atoms with van der Waals surface area (Å²) in [4.78, 5) is 19.0. The maximum absolute atomic E-state index is 12.9. The molecule has 2 heterocycles. The number of carboxylic acids is 1. The van der Waals surface area contributed by atoms with Gasteiger partial charge in [-0.05, 0) is 23.8 Å². The third-order valence-electron chi connectivity index (χ3n) is 4.58. The summed E-state index contributed by atoms with van der Waals surface area (Å²) >= 11 is 0. The highest BCUT2D eigenvalue weighted by molar-refractivity contribution is 7.89. The molecule has 8 heteroatoms. The van der Waals surface area contributed by atoms with E-state index < -0.39 is 22.0 Å². The second-order valence-electron chi connectivity index (χ2n) is 6.41. The molecule has 0 fully saturated rings. The van der Waals surface area contributed by atoms with Crippen molar-refractivity contribution in [3.8, 4) is 0 Å². The summed E-state index contributed by atoms with van der Waals surface area (Å²) in [7, 11) is -4.09. The summed E-state index contributed by atoms with van der Waals surface area (Å²) in [5, 5.41) is 11.1. The predicted molar refractivity (Wildman–Crippen MR) is 105 cm³/mol. The van der Waals surface area contributed by atoms with Crippen LogP contribution in [0.25, 0.3) is 21.8 Å². The lowest BCUT2D eigenvalue weighted by Gasteiger charge is -2.15. The molecule has 0 amide bonds. The highest BCUT2D eigenvalue weighted by Crippen LogP contribution is 2.23. The summed E-state index contributed by atoms with van der Waals surface area (Å²) in [5.41, 5.74) is 1.89. The normalized spacial score (nSPS) is 13.0. The van der Waals surface area contributed by atoms with Crippen LogP contribution in [0.5, 0.6) is 0 Å². The fraction of sp³-hybridized carbons (Fsp3) is 0.100. The van der Waals surface area contributed by atoms with Crippen LogP contribution >= 0.6 is 0 Å². The van der Waals surface area contributed by atoms with E-state index in [-0.39, 0.29) is 11.3 Å². The Morgan fingerprint density at radius 2 is 1.89 bits per heavy atom. The number of aliphatic carboxylic acids is 1. The number of carboxylic acid groups (broad SMARTS) is 1. The molecule has 4 rings (SSSR count). The van der Waals surface area contributed by atoms with E-state index in [1.807, 2.05) is 24.3 Å². The number of para-hydroxylation sites is 2. The molecule has 0 saturated carbocycles. The van der Waals surface area contributed by atoms with Gasteiger partial charge in [-0.3, -0.25) is 9.78 Å². The van der Waals surface area contributed by atoms with Crippen LogP contribution in [0.3, 0.4) is 0 Å². The van der Waals surface area contributed by atoms with Gasteiger partial charge in [0.1, 0.15) is 10.9 Å². The minimum atomic E-state index is -4.09. The van der Waals surface area contributed by atoms with Gasteiger partial charge < -0.3 is 10.1 Å². The Morgan fingerprint density at radius 1 is 1.11 bits per heavy atom. The number of rotatable bonds is 6. The number of hydrogen-bond donors (Lipinski definition) is 3. The Hall–Kier alpha value is -3.23. The molecule has 0 aliphatic heterocycles. The van der Waals surface area contributed by atoms with E-state index in [2.05, 4.69) is 14.7 Å². The second kappa shape index (κ2) is 7.06. The number of pyridine rings is 1. The minimum absolute atomic E-state index is 0.0107. The van der Waals surface area contributed by atoms with E-state index in [4.69, 9.17) is 0 Å². The zero-order valence-corrected chi connectivity index (χ0v) is 15.5. The number of aromatic nitrogens is 2. The zero-order chi connectivity index (χ0) is 19.7. The average Bonchev–Trinajstić information content (AvgIpc) is 3.10. The molecule has 0 radical (unpaired) electrons. The average molecular weight is 395 g/mol. The molecule has 0 spiro atoms. The van der Waals surface area contributed by atoms with Crippen LogP contribution in [0, 0.1) is 0 Å². The number of nitrogens with one attached hydrogen (secondary N) is 2. The van der Waals surface area contributed by atoms with Gasteiger partial charge in [-0.1, -0.05) is 36.4 Å². The molecule has 28 heavy (non-hydrogen) atoms. The first kappa shape index (κ1) is 18.1. The maximum atomic E-state index is 12.9. The molecule has 0 bridgehead atoms. The van der Waals surface area contributed by atoms with Crippen LogP contribution in [0.15, 0.2) is 71.9 Å². The number of H-pyrrole nitrogens is 1. The highest BCUT2D eigenvalue weighted by atomic mass is 32.2. The number of fused-ring (bicyclic) bond motifs is 2. The van der Waals surface area contributed by atoms with Crippen molar-refractivity contribution in [2.24, 2.45) is 0 Å². The van der Waals surface area contributed by atoms with E-state index in [0.29, 0.717) is 10.9 Å². The Morgan fingerprint density at radius 3 is 2.71 bits per heavy atom. The van der Waals surface area contributed by atoms with Gasteiger partial charge in [-0.15, -0.1) is 0 Å². The van der Waals surface area contributed by atoms with Crippen molar-refractivity contribution in [1.82, 2.24) is 14.7 Å². The van der Waals surface area contributed by atoms with E-state index in [0.717, 1.165) is 16.5 Å². The van der Waals surface area contributed by atoms with Gasteiger partial charge in [0, 0.05) is 35.1 Å². The molecule has 2 aromatic heterocycles. The fourth-order valence-corrected chi connectivity index (χ4v) is 4.61. The molecule has 0 aliphatic carbocycles. The summed E-state index contributed by atoms with van der Waals surface area (Å²) in [6, 6.07) is 14.4. The molecule has 0 saturated heterocycles. The number of sulfonamides is 1. The van der Waals surface area contributed by atoms with Crippen molar-refractivity contribution < 1.29 is 18.3 Å². The minimum Gasteiger partial charge on any atom is -0.480 e. The van der Waals surface area contributed by atoms with Crippen LogP contribution in [0.2, 0.25) is 0 Å². The molecule has 7 nitrogen and oxygen atoms in total. The number of carbonyl (C=O) groups is 1. The van der Waals surface area contributed by atoms with E-state index >= 15 is 0 Å². The number of aromatic amines is 1. The molecule has 0 unspecified atom stereocenters. The Bertz CT molecular complexity index is 1280. The largest absolute Gasteiger partial charge is 0.480 e. The number of hydrogen-bond acceptors (Lipinski definition) is 4. The molecular formula is C20H17N3O4S. The van der Waals surface area contributed by atoms with E-state index in [1.165, 1.54) is 12.3 Å². The van der Waals surface area contributed by atoms with Crippen LogP contribution in [0.1, 0.15) is 5.56 Å². The smallest absolute Gasteiger partial charge is 0.322 e. The van der Waals surface area contributed by atoms with Crippen molar-refractivity contribution in [2.45, 2.75) is 17.4 Å². The lowest BCUT2D eigenvalue weighted by molar-refractivity contribution is -0.138. The monoisotopic (exact) mass is 395 g/mol. The Balaban J connectivity index is 1.68. The van der Waals surface area contributed by atoms with Crippen molar-refractivity contribution in [3.05, 3.63) is 72.6 Å². The third-order valence-corrected chi connectivity index (χ3v) is 6.08. The predicted octanol–water partition coefficient (Wildman–Crippen LogP) is 2.69. The topological polar surface area (TPSA) is 112 Å². The van der Waals surface area contributed by atoms with Gasteiger partial charge >= 0.3 is 5.97 Å². The first-order chi connectivity index (χ1) is 13.5. The van der Waals surface area contributed by atoms with Gasteiger partial charge in [-0.25, -0.2) is 8.42 Å². The van der Waals surface area contributed by atoms with Crippen LogP contribution in [0.4, 0.5) is 0 Å². The summed E-state index contributed by atoms with van der Waals surface area (Å²) in [6.45, 7) is 0. The Labute approximate surface area is 161 Å². The molecule has 2 aromatic carbocycles. The van der Waals surface area contributed by atoms with Gasteiger partial charge in [0.2, 0.25) is 10.0 Å². The lowest BCUT2D eigenvalue weighted by atomic mass is 10.1. The highest BCUT2D eigenvalue weighted by Gasteiger charge is 2.28. The van der Waals surface area contributed by atoms with Crippen molar-refractivity contribution >= 4 is 37.8 Å². The molecule has 4 aromatic rings. The van der Waals surface area contributed by atoms with Gasteiger partial charge in [0.25, 0.3) is 0 Å². The van der Waals surface area contributed by atoms with Crippen molar-refractivity contribution in [1.29, 1.82) is 0 Å². The summed E-state index contributed by atoms with van der Waals surface area (Å²) in [5.74, 6) is -1.25. The van der Waals surface area contributed by atoms with E-state index in [9.17, 15) is 18.3 Å². The fourth-order valence-electron chi connectivity index (χ4n) is 3.24.